The summed E-state index contributed by atoms with van der Waals surface area (Å²) in [5.41, 5.74) is 1.44. The van der Waals surface area contributed by atoms with Gasteiger partial charge >= 0.3 is 0 Å². The van der Waals surface area contributed by atoms with E-state index in [1.807, 2.05) is 50.8 Å². The summed E-state index contributed by atoms with van der Waals surface area (Å²) in [5.74, 6) is -0.0333. The minimum Gasteiger partial charge on any atom is -0.496 e. The monoisotopic (exact) mass is 402 g/mol. The Balaban J connectivity index is 2.02. The van der Waals surface area contributed by atoms with Gasteiger partial charge in [-0.15, -0.1) is 0 Å². The average Bonchev–Trinajstić information content (AvgIpc) is 2.91. The number of nitrogens with zero attached hydrogens (tertiary/aromatic N) is 2. The van der Waals surface area contributed by atoms with Crippen molar-refractivity contribution in [3.05, 3.63) is 35.5 Å². The first kappa shape index (κ1) is 21.3. The number of carbonyl (C=O) groups is 2. The Kier molecular flexibility index (Phi) is 6.59. The molecule has 2 aliphatic heterocycles. The number of ether oxygens (including phenoxy) is 3. The van der Waals surface area contributed by atoms with Crippen molar-refractivity contribution in [1.29, 1.82) is 0 Å². The van der Waals surface area contributed by atoms with Crippen LogP contribution in [0.15, 0.2) is 30.0 Å². The van der Waals surface area contributed by atoms with Gasteiger partial charge in [0.2, 0.25) is 0 Å². The van der Waals surface area contributed by atoms with Crippen molar-refractivity contribution in [3.8, 4) is 5.75 Å². The molecular formula is C22H30N2O5. The highest BCUT2D eigenvalue weighted by Gasteiger charge is 2.43. The Morgan fingerprint density at radius 3 is 2.38 bits per heavy atom. The van der Waals surface area contributed by atoms with Crippen LogP contribution in [-0.4, -0.2) is 73.3 Å². The smallest absolute Gasteiger partial charge is 0.277 e. The Bertz CT molecular complexity index is 794. The molecule has 1 saturated heterocycles. The van der Waals surface area contributed by atoms with Gasteiger partial charge in [0, 0.05) is 18.7 Å². The van der Waals surface area contributed by atoms with Crippen LogP contribution in [0.1, 0.15) is 33.3 Å². The summed E-state index contributed by atoms with van der Waals surface area (Å²) in [5, 5.41) is 0. The molecule has 2 heterocycles. The van der Waals surface area contributed by atoms with Crippen LogP contribution in [0.4, 0.5) is 0 Å². The van der Waals surface area contributed by atoms with Gasteiger partial charge < -0.3 is 19.1 Å². The van der Waals surface area contributed by atoms with Crippen molar-refractivity contribution < 1.29 is 23.8 Å². The fraction of sp³-hybridized carbons (Fsp3) is 0.545. The minimum absolute atomic E-state index is 0.0323. The zero-order chi connectivity index (χ0) is 21.1. The second-order valence-electron chi connectivity index (χ2n) is 7.77. The predicted molar refractivity (Wildman–Crippen MR) is 109 cm³/mol. The molecule has 0 spiro atoms. The van der Waals surface area contributed by atoms with E-state index in [1.54, 1.807) is 13.2 Å². The summed E-state index contributed by atoms with van der Waals surface area (Å²) in [6, 6.07) is 7.31. The number of carbonyl (C=O) groups excluding carboxylic acids is 2. The molecule has 0 bridgehead atoms. The summed E-state index contributed by atoms with van der Waals surface area (Å²) >= 11 is 0. The number of imide groups is 1. The van der Waals surface area contributed by atoms with Crippen molar-refractivity contribution >= 4 is 17.4 Å². The summed E-state index contributed by atoms with van der Waals surface area (Å²) in [4.78, 5) is 30.0. The van der Waals surface area contributed by atoms with Gasteiger partial charge in [0.05, 0.1) is 44.1 Å². The van der Waals surface area contributed by atoms with Gasteiger partial charge in [-0.3, -0.25) is 14.5 Å². The van der Waals surface area contributed by atoms with Crippen LogP contribution >= 0.6 is 0 Å². The molecule has 2 atom stereocenters. The van der Waals surface area contributed by atoms with E-state index < -0.39 is 0 Å². The zero-order valence-corrected chi connectivity index (χ0v) is 17.8. The third-order valence-electron chi connectivity index (χ3n) is 5.02. The maximum Gasteiger partial charge on any atom is 0.277 e. The third kappa shape index (κ3) is 4.46. The predicted octanol–water partition coefficient (Wildman–Crippen LogP) is 2.31. The van der Waals surface area contributed by atoms with Gasteiger partial charge in [0.15, 0.2) is 0 Å². The molecule has 0 aliphatic carbocycles. The number of benzene rings is 1. The normalized spacial score (nSPS) is 22.8. The van der Waals surface area contributed by atoms with Crippen molar-refractivity contribution in [2.75, 3.05) is 33.4 Å². The molecule has 3 rings (SSSR count). The lowest BCUT2D eigenvalue weighted by atomic mass is 10.0. The average molecular weight is 402 g/mol. The molecule has 158 valence electrons. The van der Waals surface area contributed by atoms with E-state index in [2.05, 4.69) is 0 Å². The van der Waals surface area contributed by atoms with E-state index >= 15 is 0 Å². The molecule has 0 aromatic heterocycles. The number of rotatable bonds is 7. The molecule has 7 nitrogen and oxygen atoms in total. The van der Waals surface area contributed by atoms with Crippen LogP contribution in [-0.2, 0) is 19.1 Å². The van der Waals surface area contributed by atoms with Gasteiger partial charge in [-0.2, -0.15) is 0 Å². The third-order valence-corrected chi connectivity index (χ3v) is 5.02. The number of methoxy groups -OCH3 is 1. The van der Waals surface area contributed by atoms with Gasteiger partial charge in [-0.25, -0.2) is 0 Å². The quantitative estimate of drug-likeness (QED) is 0.652. The summed E-state index contributed by atoms with van der Waals surface area (Å²) in [6.07, 6.45) is -0.0392. The second-order valence-corrected chi connectivity index (χ2v) is 7.77. The molecular weight excluding hydrogens is 372 g/mol. The molecule has 1 aromatic carbocycles. The number of hydrogen-bond donors (Lipinski definition) is 0. The first-order valence-corrected chi connectivity index (χ1v) is 10.1. The molecule has 0 saturated carbocycles. The maximum absolute atomic E-state index is 13.4. The first-order chi connectivity index (χ1) is 13.8. The van der Waals surface area contributed by atoms with Gasteiger partial charge in [-0.05, 0) is 33.8 Å². The van der Waals surface area contributed by atoms with Crippen LogP contribution < -0.4 is 4.74 Å². The lowest BCUT2D eigenvalue weighted by Gasteiger charge is -2.37. The van der Waals surface area contributed by atoms with E-state index in [-0.39, 0.29) is 36.7 Å². The lowest BCUT2D eigenvalue weighted by Crippen LogP contribution is -2.47. The van der Waals surface area contributed by atoms with Crippen molar-refractivity contribution in [1.82, 2.24) is 9.80 Å². The van der Waals surface area contributed by atoms with E-state index in [9.17, 15) is 9.59 Å². The molecule has 0 radical (unpaired) electrons. The molecule has 29 heavy (non-hydrogen) atoms. The minimum atomic E-state index is -0.311. The van der Waals surface area contributed by atoms with Crippen LogP contribution in [0.3, 0.4) is 0 Å². The summed E-state index contributed by atoms with van der Waals surface area (Å²) in [6.45, 7) is 9.41. The largest absolute Gasteiger partial charge is 0.496 e. The number of para-hydroxylation sites is 1. The van der Waals surface area contributed by atoms with E-state index in [4.69, 9.17) is 14.2 Å². The van der Waals surface area contributed by atoms with Gasteiger partial charge in [0.1, 0.15) is 11.4 Å². The topological polar surface area (TPSA) is 68.3 Å². The number of morpholine rings is 1. The van der Waals surface area contributed by atoms with Crippen LogP contribution in [0.5, 0.6) is 5.75 Å². The molecule has 7 heteroatoms. The van der Waals surface area contributed by atoms with Crippen molar-refractivity contribution in [2.45, 2.75) is 46.0 Å². The first-order valence-electron chi connectivity index (χ1n) is 10.1. The van der Waals surface area contributed by atoms with Crippen LogP contribution in [0.2, 0.25) is 0 Å². The van der Waals surface area contributed by atoms with E-state index in [0.717, 1.165) is 0 Å². The van der Waals surface area contributed by atoms with Gasteiger partial charge in [0.25, 0.3) is 11.8 Å². The highest BCUT2D eigenvalue weighted by Crippen LogP contribution is 2.37. The van der Waals surface area contributed by atoms with E-state index in [1.165, 1.54) is 4.90 Å². The summed E-state index contributed by atoms with van der Waals surface area (Å²) < 4.78 is 16.9. The molecule has 2 amide bonds. The van der Waals surface area contributed by atoms with Crippen LogP contribution in [0.25, 0.3) is 5.57 Å². The fourth-order valence-electron chi connectivity index (χ4n) is 3.89. The molecule has 0 N–H and O–H groups in total. The lowest BCUT2D eigenvalue weighted by molar-refractivity contribution is -0.139. The standard InChI is InChI=1S/C22H30N2O5/c1-14(2)28-11-10-24-21(25)19(17-8-6-7-9-18(17)27-5)20(22(24)26)23-12-15(3)29-16(4)13-23/h6-9,14-16H,10-13H2,1-5H3. The zero-order valence-electron chi connectivity index (χ0n) is 17.8. The molecule has 2 unspecified atom stereocenters. The van der Waals surface area contributed by atoms with Crippen LogP contribution in [0, 0.1) is 0 Å². The molecule has 2 aliphatic rings. The van der Waals surface area contributed by atoms with Gasteiger partial charge in [-0.1, -0.05) is 18.2 Å². The Hall–Kier alpha value is -2.38. The SMILES string of the molecule is COc1ccccc1C1=C(N2CC(C)OC(C)C2)C(=O)N(CCOC(C)C)C1=O. The Morgan fingerprint density at radius 2 is 1.76 bits per heavy atom. The molecule has 1 aromatic rings. The number of hydrogen-bond acceptors (Lipinski definition) is 6. The number of amides is 2. The van der Waals surface area contributed by atoms with Crippen molar-refractivity contribution in [3.63, 3.8) is 0 Å². The highest BCUT2D eigenvalue weighted by molar-refractivity contribution is 6.36. The van der Waals surface area contributed by atoms with Crippen molar-refractivity contribution in [2.24, 2.45) is 0 Å². The highest BCUT2D eigenvalue weighted by atomic mass is 16.5. The maximum atomic E-state index is 13.4. The second kappa shape index (κ2) is 8.97. The fourth-order valence-corrected chi connectivity index (χ4v) is 3.89. The van der Waals surface area contributed by atoms with E-state index in [0.29, 0.717) is 42.3 Å². The Labute approximate surface area is 172 Å². The molecule has 1 fully saturated rings. The summed E-state index contributed by atoms with van der Waals surface area (Å²) in [7, 11) is 1.56. The Morgan fingerprint density at radius 1 is 1.10 bits per heavy atom.